The molecular formula is C8H13NO3. The average Bonchev–Trinajstić information content (AvgIpc) is 1.97. The number of Topliss-reactive ketones (excluding diaryl/α,β-unsaturated/α-hetero) is 1. The number of nitrogens with zero attached hydrogens (tertiary/aromatic N) is 1. The van der Waals surface area contributed by atoms with E-state index < -0.39 is 17.3 Å². The van der Waals surface area contributed by atoms with Crippen molar-refractivity contribution in [3.05, 3.63) is 0 Å². The average molecular weight is 171 g/mol. The molecule has 1 amide bonds. The normalized spacial score (nSPS) is 19.6. The summed E-state index contributed by atoms with van der Waals surface area (Å²) in [6.45, 7) is 0. The van der Waals surface area contributed by atoms with Crippen LogP contribution in [0.4, 0.5) is 0 Å². The number of carbonyl (C=O) groups is 2. The van der Waals surface area contributed by atoms with E-state index in [1.165, 1.54) is 19.0 Å². The molecule has 1 fully saturated rings. The van der Waals surface area contributed by atoms with Gasteiger partial charge in [0.15, 0.2) is 0 Å². The van der Waals surface area contributed by atoms with Crippen LogP contribution in [0.3, 0.4) is 0 Å². The summed E-state index contributed by atoms with van der Waals surface area (Å²) in [6.07, 6.45) is 1.67. The largest absolute Gasteiger partial charge is 0.381 e. The highest BCUT2D eigenvalue weighted by molar-refractivity contribution is 6.39. The highest BCUT2D eigenvalue weighted by Crippen LogP contribution is 2.32. The molecule has 0 atom stereocenters. The zero-order valence-electron chi connectivity index (χ0n) is 7.33. The maximum atomic E-state index is 11.2. The third kappa shape index (κ3) is 1.34. The van der Waals surface area contributed by atoms with Crippen LogP contribution >= 0.6 is 0 Å². The molecule has 68 valence electrons. The van der Waals surface area contributed by atoms with Gasteiger partial charge in [0.05, 0.1) is 0 Å². The van der Waals surface area contributed by atoms with Crippen molar-refractivity contribution in [3.8, 4) is 0 Å². The quantitative estimate of drug-likeness (QED) is 0.573. The van der Waals surface area contributed by atoms with Gasteiger partial charge in [-0.15, -0.1) is 0 Å². The Morgan fingerprint density at radius 3 is 2.08 bits per heavy atom. The van der Waals surface area contributed by atoms with Gasteiger partial charge < -0.3 is 10.0 Å². The molecule has 0 aromatic carbocycles. The molecule has 12 heavy (non-hydrogen) atoms. The van der Waals surface area contributed by atoms with Crippen LogP contribution < -0.4 is 0 Å². The van der Waals surface area contributed by atoms with Crippen LogP contribution in [0.15, 0.2) is 0 Å². The van der Waals surface area contributed by atoms with E-state index in [1.807, 2.05) is 0 Å². The first kappa shape index (κ1) is 9.19. The molecular weight excluding hydrogens is 158 g/mol. The fourth-order valence-electron chi connectivity index (χ4n) is 1.14. The summed E-state index contributed by atoms with van der Waals surface area (Å²) in [6, 6.07) is 0. The molecule has 0 bridgehead atoms. The molecule has 0 aromatic heterocycles. The number of amides is 1. The van der Waals surface area contributed by atoms with Crippen molar-refractivity contribution in [2.24, 2.45) is 0 Å². The first-order valence-corrected chi connectivity index (χ1v) is 3.96. The number of rotatable bonds is 2. The maximum Gasteiger partial charge on any atom is 0.292 e. The molecule has 1 rings (SSSR count). The molecule has 1 N–H and O–H groups in total. The summed E-state index contributed by atoms with van der Waals surface area (Å²) in [5.41, 5.74) is -1.35. The molecule has 0 radical (unpaired) electrons. The Morgan fingerprint density at radius 1 is 1.33 bits per heavy atom. The van der Waals surface area contributed by atoms with E-state index >= 15 is 0 Å². The zero-order valence-corrected chi connectivity index (χ0v) is 7.33. The molecule has 0 aromatic rings. The second-order valence-electron chi connectivity index (χ2n) is 3.41. The predicted molar refractivity (Wildman–Crippen MR) is 42.5 cm³/mol. The number of aliphatic hydroxyl groups is 1. The Hall–Kier alpha value is -0.900. The van der Waals surface area contributed by atoms with Crippen LogP contribution in [0.5, 0.6) is 0 Å². The summed E-state index contributed by atoms with van der Waals surface area (Å²) in [7, 11) is 3.00. The molecule has 4 heteroatoms. The molecule has 4 nitrogen and oxygen atoms in total. The van der Waals surface area contributed by atoms with Gasteiger partial charge in [-0.2, -0.15) is 0 Å². The van der Waals surface area contributed by atoms with Crippen LogP contribution in [0.2, 0.25) is 0 Å². The minimum Gasteiger partial charge on any atom is -0.381 e. The fraction of sp³-hybridized carbons (Fsp3) is 0.750. The summed E-state index contributed by atoms with van der Waals surface area (Å²) in [4.78, 5) is 23.5. The van der Waals surface area contributed by atoms with Crippen molar-refractivity contribution in [2.75, 3.05) is 14.1 Å². The summed E-state index contributed by atoms with van der Waals surface area (Å²) >= 11 is 0. The second kappa shape index (κ2) is 2.86. The molecule has 0 saturated heterocycles. The SMILES string of the molecule is CN(C)C(=O)C(=O)C1(O)CCC1. The van der Waals surface area contributed by atoms with Crippen LogP contribution in [-0.4, -0.2) is 41.4 Å². The minimum atomic E-state index is -1.35. The number of ketones is 1. The van der Waals surface area contributed by atoms with Crippen molar-refractivity contribution in [1.82, 2.24) is 4.90 Å². The first-order valence-electron chi connectivity index (χ1n) is 3.96. The Balaban J connectivity index is 2.64. The Labute approximate surface area is 71.2 Å². The van der Waals surface area contributed by atoms with Crippen molar-refractivity contribution in [3.63, 3.8) is 0 Å². The van der Waals surface area contributed by atoms with E-state index in [2.05, 4.69) is 0 Å². The van der Waals surface area contributed by atoms with Crippen LogP contribution in [0.25, 0.3) is 0 Å². The van der Waals surface area contributed by atoms with E-state index in [0.29, 0.717) is 12.8 Å². The van der Waals surface area contributed by atoms with E-state index in [9.17, 15) is 14.7 Å². The van der Waals surface area contributed by atoms with Gasteiger partial charge in [0.25, 0.3) is 11.7 Å². The van der Waals surface area contributed by atoms with E-state index in [-0.39, 0.29) is 0 Å². The van der Waals surface area contributed by atoms with Gasteiger partial charge in [-0.3, -0.25) is 9.59 Å². The van der Waals surface area contributed by atoms with Gasteiger partial charge in [-0.05, 0) is 19.3 Å². The predicted octanol–water partition coefficient (Wildman–Crippen LogP) is -0.441. The molecule has 1 aliphatic carbocycles. The van der Waals surface area contributed by atoms with Crippen molar-refractivity contribution in [2.45, 2.75) is 24.9 Å². The maximum absolute atomic E-state index is 11.2. The van der Waals surface area contributed by atoms with Gasteiger partial charge in [0.1, 0.15) is 5.60 Å². The summed E-state index contributed by atoms with van der Waals surface area (Å²) in [5, 5.41) is 9.50. The molecule has 1 aliphatic rings. The molecule has 0 spiro atoms. The standard InChI is InChI=1S/C8H13NO3/c1-9(2)7(11)6(10)8(12)4-3-5-8/h12H,3-5H2,1-2H3. The Morgan fingerprint density at radius 2 is 1.83 bits per heavy atom. The number of hydrogen-bond acceptors (Lipinski definition) is 3. The molecule has 0 unspecified atom stereocenters. The summed E-state index contributed by atoms with van der Waals surface area (Å²) in [5.74, 6) is -1.28. The lowest BCUT2D eigenvalue weighted by atomic mass is 9.77. The molecule has 1 saturated carbocycles. The van der Waals surface area contributed by atoms with Gasteiger partial charge in [0.2, 0.25) is 0 Å². The Bertz CT molecular complexity index is 218. The van der Waals surface area contributed by atoms with E-state index in [1.54, 1.807) is 0 Å². The van der Waals surface area contributed by atoms with Gasteiger partial charge in [-0.1, -0.05) is 0 Å². The molecule has 0 aliphatic heterocycles. The van der Waals surface area contributed by atoms with Gasteiger partial charge in [-0.25, -0.2) is 0 Å². The smallest absolute Gasteiger partial charge is 0.292 e. The third-order valence-corrected chi connectivity index (χ3v) is 2.20. The monoisotopic (exact) mass is 171 g/mol. The van der Waals surface area contributed by atoms with Crippen LogP contribution in [0.1, 0.15) is 19.3 Å². The van der Waals surface area contributed by atoms with E-state index in [0.717, 1.165) is 6.42 Å². The second-order valence-corrected chi connectivity index (χ2v) is 3.41. The van der Waals surface area contributed by atoms with Crippen LogP contribution in [-0.2, 0) is 9.59 Å². The lowest BCUT2D eigenvalue weighted by Gasteiger charge is -2.34. The van der Waals surface area contributed by atoms with Crippen molar-refractivity contribution >= 4 is 11.7 Å². The minimum absolute atomic E-state index is 0.422. The lowest BCUT2D eigenvalue weighted by Crippen LogP contribution is -2.51. The highest BCUT2D eigenvalue weighted by atomic mass is 16.3. The topological polar surface area (TPSA) is 57.6 Å². The number of hydrogen-bond donors (Lipinski definition) is 1. The number of carbonyl (C=O) groups excluding carboxylic acids is 2. The third-order valence-electron chi connectivity index (χ3n) is 2.20. The zero-order chi connectivity index (χ0) is 9.35. The summed E-state index contributed by atoms with van der Waals surface area (Å²) < 4.78 is 0. The fourth-order valence-corrected chi connectivity index (χ4v) is 1.14. The lowest BCUT2D eigenvalue weighted by molar-refractivity contribution is -0.159. The van der Waals surface area contributed by atoms with E-state index in [4.69, 9.17) is 0 Å². The van der Waals surface area contributed by atoms with Crippen molar-refractivity contribution < 1.29 is 14.7 Å². The Kier molecular flexibility index (Phi) is 2.19. The first-order chi connectivity index (χ1) is 5.47. The molecule has 0 heterocycles. The number of likely N-dealkylation sites (N-methyl/N-ethyl adjacent to an activating group) is 1. The van der Waals surface area contributed by atoms with Gasteiger partial charge >= 0.3 is 0 Å². The highest BCUT2D eigenvalue weighted by Gasteiger charge is 2.45. The van der Waals surface area contributed by atoms with Gasteiger partial charge in [0, 0.05) is 14.1 Å². The van der Waals surface area contributed by atoms with Crippen LogP contribution in [0, 0.1) is 0 Å². The van der Waals surface area contributed by atoms with Crippen molar-refractivity contribution in [1.29, 1.82) is 0 Å².